The number of hydrogen-bond donors (Lipinski definition) is 3. The molecule has 0 fully saturated rings. The second-order valence-corrected chi connectivity index (χ2v) is 2.49. The second kappa shape index (κ2) is 6.31. The third-order valence-corrected chi connectivity index (χ3v) is 1.16. The molecule has 0 aliphatic heterocycles. The first kappa shape index (κ1) is 11.8. The lowest BCUT2D eigenvalue weighted by atomic mass is 10.3. The van der Waals surface area contributed by atoms with Gasteiger partial charge in [-0.3, -0.25) is 4.99 Å². The van der Waals surface area contributed by atoms with Crippen molar-refractivity contribution in [2.45, 2.75) is 6.92 Å². The van der Waals surface area contributed by atoms with Gasteiger partial charge in [0.25, 0.3) is 0 Å². The van der Waals surface area contributed by atoms with Crippen LogP contribution in [0.2, 0.25) is 0 Å². The minimum Gasteiger partial charge on any atom is -0.403 e. The summed E-state index contributed by atoms with van der Waals surface area (Å²) in [5.41, 5.74) is 17.0. The minimum atomic E-state index is 0.0484. The van der Waals surface area contributed by atoms with E-state index in [0.29, 0.717) is 11.4 Å². The Kier molecular flexibility index (Phi) is 5.31. The molecule has 0 saturated carbocycles. The Bertz CT molecular complexity index is 337. The predicted molar refractivity (Wildman–Crippen MR) is 56.6 cm³/mol. The molecule has 6 N–H and O–H groups in total. The molecule has 0 heterocycles. The van der Waals surface area contributed by atoms with Crippen LogP contribution in [0.1, 0.15) is 6.92 Å². The summed E-state index contributed by atoms with van der Waals surface area (Å²) in [4.78, 5) is 3.92. The average Bonchev–Trinajstić information content (AvgIpc) is 2.15. The van der Waals surface area contributed by atoms with Gasteiger partial charge < -0.3 is 17.2 Å². The average molecular weight is 191 g/mol. The Balaban J connectivity index is 4.58. The van der Waals surface area contributed by atoms with Gasteiger partial charge in [0, 0.05) is 18.1 Å². The smallest absolute Gasteiger partial charge is 0.117 e. The molecule has 0 amide bonds. The molecular weight excluding hydrogens is 178 g/mol. The van der Waals surface area contributed by atoms with Gasteiger partial charge in [-0.15, -0.1) is 0 Å². The normalized spacial score (nSPS) is 14.4. The van der Waals surface area contributed by atoms with E-state index in [9.17, 15) is 0 Å². The van der Waals surface area contributed by atoms with Gasteiger partial charge in [-0.1, -0.05) is 0 Å². The van der Waals surface area contributed by atoms with Crippen LogP contribution in [0.25, 0.3) is 0 Å². The summed E-state index contributed by atoms with van der Waals surface area (Å²) < 4.78 is 0. The lowest BCUT2D eigenvalue weighted by Gasteiger charge is -1.91. The van der Waals surface area contributed by atoms with Gasteiger partial charge in [0.1, 0.15) is 11.8 Å². The third kappa shape index (κ3) is 5.43. The number of hydrogen-bond acceptors (Lipinski definition) is 5. The largest absolute Gasteiger partial charge is 0.403 e. The molecule has 0 aromatic carbocycles. The van der Waals surface area contributed by atoms with Crippen molar-refractivity contribution >= 4 is 6.21 Å². The summed E-state index contributed by atoms with van der Waals surface area (Å²) >= 11 is 0. The van der Waals surface area contributed by atoms with Crippen LogP contribution in [-0.4, -0.2) is 6.21 Å². The molecule has 74 valence electrons. The summed E-state index contributed by atoms with van der Waals surface area (Å²) in [7, 11) is 0. The zero-order valence-electron chi connectivity index (χ0n) is 7.94. The van der Waals surface area contributed by atoms with Gasteiger partial charge in [-0.25, -0.2) is 0 Å². The molecule has 14 heavy (non-hydrogen) atoms. The maximum Gasteiger partial charge on any atom is 0.117 e. The standard InChI is InChI=1S/C9H13N5/c1-7(12)2-3-14-9(6-11)4-8(13)5-10/h2-4,6H,11-13H2,1H3/b7-2?,8-4-,9-6+,14-3?. The molecule has 0 saturated heterocycles. The van der Waals surface area contributed by atoms with Crippen LogP contribution >= 0.6 is 0 Å². The molecule has 0 aromatic heterocycles. The third-order valence-electron chi connectivity index (χ3n) is 1.16. The van der Waals surface area contributed by atoms with Crippen molar-refractivity contribution in [2.75, 3.05) is 0 Å². The molecule has 0 aromatic rings. The molecular formula is C9H13N5. The summed E-state index contributed by atoms with van der Waals surface area (Å²) in [6.07, 6.45) is 5.71. The van der Waals surface area contributed by atoms with Crippen LogP contribution in [0.5, 0.6) is 0 Å². The fourth-order valence-electron chi connectivity index (χ4n) is 0.561. The molecule has 0 atom stereocenters. The number of nitrogens with zero attached hydrogens (tertiary/aromatic N) is 2. The van der Waals surface area contributed by atoms with E-state index in [0.717, 1.165) is 0 Å². The number of allylic oxidation sites excluding steroid dienone is 4. The van der Waals surface area contributed by atoms with E-state index in [1.807, 2.05) is 0 Å². The topological polar surface area (TPSA) is 114 Å². The molecule has 5 heteroatoms. The van der Waals surface area contributed by atoms with Gasteiger partial charge in [0.2, 0.25) is 0 Å². The van der Waals surface area contributed by atoms with Crippen LogP contribution in [0.4, 0.5) is 0 Å². The highest BCUT2D eigenvalue weighted by Gasteiger charge is 1.89. The Morgan fingerprint density at radius 1 is 1.43 bits per heavy atom. The lowest BCUT2D eigenvalue weighted by molar-refractivity contribution is 1.30. The zero-order chi connectivity index (χ0) is 11.0. The van der Waals surface area contributed by atoms with E-state index < -0.39 is 0 Å². The van der Waals surface area contributed by atoms with Crippen molar-refractivity contribution in [2.24, 2.45) is 22.2 Å². The highest BCUT2D eigenvalue weighted by atomic mass is 14.8. The van der Waals surface area contributed by atoms with Gasteiger partial charge in [-0.05, 0) is 19.1 Å². The Hall–Kier alpha value is -2.22. The molecule has 0 spiro atoms. The second-order valence-electron chi connectivity index (χ2n) is 2.49. The van der Waals surface area contributed by atoms with E-state index >= 15 is 0 Å². The first-order valence-corrected chi connectivity index (χ1v) is 3.85. The molecule has 0 bridgehead atoms. The maximum absolute atomic E-state index is 8.40. The molecule has 0 unspecified atom stereocenters. The molecule has 0 rings (SSSR count). The van der Waals surface area contributed by atoms with Crippen LogP contribution in [0.15, 0.2) is 40.4 Å². The van der Waals surface area contributed by atoms with Crippen molar-refractivity contribution in [1.82, 2.24) is 0 Å². The first-order valence-electron chi connectivity index (χ1n) is 3.85. The Morgan fingerprint density at radius 3 is 2.50 bits per heavy atom. The number of nitrogens with two attached hydrogens (primary N) is 3. The fourth-order valence-corrected chi connectivity index (χ4v) is 0.561. The molecule has 0 aliphatic rings. The van der Waals surface area contributed by atoms with Crippen LogP contribution in [0, 0.1) is 11.3 Å². The minimum absolute atomic E-state index is 0.0484. The molecule has 0 aliphatic carbocycles. The summed E-state index contributed by atoms with van der Waals surface area (Å²) in [6.45, 7) is 1.73. The van der Waals surface area contributed by atoms with E-state index in [4.69, 9.17) is 22.5 Å². The lowest BCUT2D eigenvalue weighted by Crippen LogP contribution is -1.95. The number of aliphatic imine (C=N–C) groups is 1. The Labute approximate surface area is 82.9 Å². The maximum atomic E-state index is 8.40. The number of rotatable bonds is 3. The van der Waals surface area contributed by atoms with E-state index in [1.165, 1.54) is 18.5 Å². The van der Waals surface area contributed by atoms with Gasteiger partial charge in [0.15, 0.2) is 0 Å². The van der Waals surface area contributed by atoms with Crippen molar-refractivity contribution < 1.29 is 0 Å². The monoisotopic (exact) mass is 191 g/mol. The number of nitriles is 1. The first-order chi connectivity index (χ1) is 6.60. The van der Waals surface area contributed by atoms with E-state index in [2.05, 4.69) is 4.99 Å². The molecule has 0 radical (unpaired) electrons. The zero-order valence-corrected chi connectivity index (χ0v) is 7.94. The summed E-state index contributed by atoms with van der Waals surface area (Å²) in [6, 6.07) is 1.76. The van der Waals surface area contributed by atoms with Crippen LogP contribution in [0.3, 0.4) is 0 Å². The molecule has 5 nitrogen and oxygen atoms in total. The van der Waals surface area contributed by atoms with Crippen LogP contribution in [-0.2, 0) is 0 Å². The van der Waals surface area contributed by atoms with Gasteiger partial charge >= 0.3 is 0 Å². The van der Waals surface area contributed by atoms with Crippen molar-refractivity contribution in [3.63, 3.8) is 0 Å². The van der Waals surface area contributed by atoms with E-state index in [1.54, 1.807) is 19.1 Å². The van der Waals surface area contributed by atoms with Crippen molar-refractivity contribution in [3.05, 3.63) is 35.4 Å². The van der Waals surface area contributed by atoms with Gasteiger partial charge in [0.05, 0.1) is 5.70 Å². The predicted octanol–water partition coefficient (Wildman–Crippen LogP) is 0.0860. The SMILES string of the molecule is CC(N)=CC=NC(/C=C(\N)C#N)=C/N. The summed E-state index contributed by atoms with van der Waals surface area (Å²) in [5.74, 6) is 0. The van der Waals surface area contributed by atoms with Gasteiger partial charge in [-0.2, -0.15) is 5.26 Å². The quantitative estimate of drug-likeness (QED) is 0.333. The van der Waals surface area contributed by atoms with E-state index in [-0.39, 0.29) is 5.70 Å². The van der Waals surface area contributed by atoms with Crippen molar-refractivity contribution in [3.8, 4) is 6.07 Å². The van der Waals surface area contributed by atoms with Crippen LogP contribution < -0.4 is 17.2 Å². The highest BCUT2D eigenvalue weighted by molar-refractivity contribution is 5.73. The Morgan fingerprint density at radius 2 is 2.07 bits per heavy atom. The summed E-state index contributed by atoms with van der Waals surface area (Å²) in [5, 5.41) is 8.40. The highest BCUT2D eigenvalue weighted by Crippen LogP contribution is 1.98. The fraction of sp³-hybridized carbons (Fsp3) is 0.111. The van der Waals surface area contributed by atoms with Crippen molar-refractivity contribution in [1.29, 1.82) is 5.26 Å².